The van der Waals surface area contributed by atoms with Crippen molar-refractivity contribution in [2.45, 2.75) is 51.7 Å². The summed E-state index contributed by atoms with van der Waals surface area (Å²) in [6, 6.07) is 5.91. The van der Waals surface area contributed by atoms with Crippen LogP contribution in [0.15, 0.2) is 18.2 Å². The zero-order valence-corrected chi connectivity index (χ0v) is 16.4. The second kappa shape index (κ2) is 10.5. The topological polar surface area (TPSA) is 60.0 Å². The first-order valence-corrected chi connectivity index (χ1v) is 10.2. The quantitative estimate of drug-likeness (QED) is 0.718. The normalized spacial score (nSPS) is 19.9. The van der Waals surface area contributed by atoms with Crippen LogP contribution in [0.25, 0.3) is 0 Å². The van der Waals surface area contributed by atoms with Crippen LogP contribution in [-0.2, 0) is 16.1 Å². The number of benzene rings is 1. The fourth-order valence-corrected chi connectivity index (χ4v) is 3.61. The highest BCUT2D eigenvalue weighted by molar-refractivity contribution is 5.78. The summed E-state index contributed by atoms with van der Waals surface area (Å²) in [6.45, 7) is 6.76. The van der Waals surface area contributed by atoms with Crippen molar-refractivity contribution in [2.24, 2.45) is 0 Å². The van der Waals surface area contributed by atoms with Gasteiger partial charge in [0, 0.05) is 32.8 Å². The van der Waals surface area contributed by atoms with Crippen LogP contribution in [-0.4, -0.2) is 56.4 Å². The lowest BCUT2D eigenvalue weighted by Gasteiger charge is -2.26. The molecule has 2 heterocycles. The third-order valence-corrected chi connectivity index (χ3v) is 5.09. The van der Waals surface area contributed by atoms with E-state index < -0.39 is 0 Å². The van der Waals surface area contributed by atoms with Gasteiger partial charge in [-0.2, -0.15) is 0 Å². The van der Waals surface area contributed by atoms with Crippen LogP contribution >= 0.6 is 0 Å². The SMILES string of the molecule is CCOc1cc(CNCC2CCCO2)ccc1OCC(=O)N1CCCCC1. The number of nitrogens with one attached hydrogen (secondary N) is 1. The summed E-state index contributed by atoms with van der Waals surface area (Å²) in [4.78, 5) is 14.2. The third kappa shape index (κ3) is 6.11. The maximum Gasteiger partial charge on any atom is 0.260 e. The Bertz CT molecular complexity index is 596. The summed E-state index contributed by atoms with van der Waals surface area (Å²) in [5.41, 5.74) is 1.13. The van der Waals surface area contributed by atoms with E-state index in [1.165, 1.54) is 6.42 Å². The Morgan fingerprint density at radius 2 is 2.04 bits per heavy atom. The minimum absolute atomic E-state index is 0.0551. The first-order chi connectivity index (χ1) is 13.3. The van der Waals surface area contributed by atoms with Crippen molar-refractivity contribution in [1.29, 1.82) is 0 Å². The van der Waals surface area contributed by atoms with Crippen molar-refractivity contribution in [3.8, 4) is 11.5 Å². The predicted molar refractivity (Wildman–Crippen MR) is 104 cm³/mol. The molecule has 0 aromatic heterocycles. The molecule has 0 aliphatic carbocycles. The van der Waals surface area contributed by atoms with E-state index in [0.29, 0.717) is 24.2 Å². The molecule has 3 rings (SSSR count). The Hall–Kier alpha value is -1.79. The van der Waals surface area contributed by atoms with E-state index in [0.717, 1.165) is 64.0 Å². The number of hydrogen-bond acceptors (Lipinski definition) is 5. The minimum Gasteiger partial charge on any atom is -0.490 e. The molecule has 150 valence electrons. The first-order valence-electron chi connectivity index (χ1n) is 10.2. The van der Waals surface area contributed by atoms with E-state index in [1.807, 2.05) is 30.0 Å². The van der Waals surface area contributed by atoms with Crippen molar-refractivity contribution in [3.63, 3.8) is 0 Å². The molecule has 2 saturated heterocycles. The highest BCUT2D eigenvalue weighted by atomic mass is 16.5. The molecule has 6 nitrogen and oxygen atoms in total. The number of likely N-dealkylation sites (tertiary alicyclic amines) is 1. The van der Waals surface area contributed by atoms with Gasteiger partial charge in [0.05, 0.1) is 12.7 Å². The number of amides is 1. The molecule has 0 radical (unpaired) electrons. The molecular formula is C21H32N2O4. The van der Waals surface area contributed by atoms with Gasteiger partial charge >= 0.3 is 0 Å². The second-order valence-electron chi connectivity index (χ2n) is 7.21. The highest BCUT2D eigenvalue weighted by Gasteiger charge is 2.18. The maximum atomic E-state index is 12.3. The minimum atomic E-state index is 0.0551. The molecule has 1 atom stereocenters. The monoisotopic (exact) mass is 376 g/mol. The van der Waals surface area contributed by atoms with Gasteiger partial charge in [-0.25, -0.2) is 0 Å². The van der Waals surface area contributed by atoms with Crippen molar-refractivity contribution < 1.29 is 19.0 Å². The number of nitrogens with zero attached hydrogens (tertiary/aromatic N) is 1. The molecule has 2 aliphatic rings. The summed E-state index contributed by atoms with van der Waals surface area (Å²) < 4.78 is 17.2. The van der Waals surface area contributed by atoms with Gasteiger partial charge in [-0.05, 0) is 56.7 Å². The number of hydrogen-bond donors (Lipinski definition) is 1. The van der Waals surface area contributed by atoms with Crippen LogP contribution < -0.4 is 14.8 Å². The molecule has 27 heavy (non-hydrogen) atoms. The van der Waals surface area contributed by atoms with E-state index >= 15 is 0 Å². The summed E-state index contributed by atoms with van der Waals surface area (Å²) in [6.07, 6.45) is 6.01. The van der Waals surface area contributed by atoms with Crippen LogP contribution in [0, 0.1) is 0 Å². The Balaban J connectivity index is 1.51. The zero-order valence-electron chi connectivity index (χ0n) is 16.4. The van der Waals surface area contributed by atoms with Crippen LogP contribution in [0.5, 0.6) is 11.5 Å². The molecule has 2 aliphatic heterocycles. The van der Waals surface area contributed by atoms with Gasteiger partial charge in [-0.15, -0.1) is 0 Å². The standard InChI is InChI=1S/C21H32N2O4/c1-2-25-20-13-17(14-22-15-18-7-6-12-26-18)8-9-19(20)27-16-21(24)23-10-4-3-5-11-23/h8-9,13,18,22H,2-7,10-12,14-16H2,1H3. The smallest absolute Gasteiger partial charge is 0.260 e. The van der Waals surface area contributed by atoms with Crippen LogP contribution in [0.4, 0.5) is 0 Å². The average molecular weight is 376 g/mol. The Kier molecular flexibility index (Phi) is 7.78. The number of ether oxygens (including phenoxy) is 3. The fraction of sp³-hybridized carbons (Fsp3) is 0.667. The zero-order chi connectivity index (χ0) is 18.9. The Labute approximate surface area is 162 Å². The molecular weight excluding hydrogens is 344 g/mol. The second-order valence-corrected chi connectivity index (χ2v) is 7.21. The van der Waals surface area contributed by atoms with E-state index in [1.54, 1.807) is 0 Å². The van der Waals surface area contributed by atoms with Gasteiger partial charge in [-0.3, -0.25) is 4.79 Å². The van der Waals surface area contributed by atoms with E-state index in [2.05, 4.69) is 5.32 Å². The van der Waals surface area contributed by atoms with Crippen LogP contribution in [0.2, 0.25) is 0 Å². The lowest BCUT2D eigenvalue weighted by Crippen LogP contribution is -2.38. The van der Waals surface area contributed by atoms with Crippen molar-refractivity contribution in [2.75, 3.05) is 39.5 Å². The lowest BCUT2D eigenvalue weighted by atomic mass is 10.1. The predicted octanol–water partition coefficient (Wildman–Crippen LogP) is 2.75. The van der Waals surface area contributed by atoms with Gasteiger partial charge in [-0.1, -0.05) is 6.07 Å². The summed E-state index contributed by atoms with van der Waals surface area (Å²) in [7, 11) is 0. The third-order valence-electron chi connectivity index (χ3n) is 5.09. The van der Waals surface area contributed by atoms with Crippen LogP contribution in [0.3, 0.4) is 0 Å². The number of rotatable bonds is 9. The van der Waals surface area contributed by atoms with Gasteiger partial charge in [0.2, 0.25) is 0 Å². The molecule has 0 spiro atoms. The molecule has 0 bridgehead atoms. The fourth-order valence-electron chi connectivity index (χ4n) is 3.61. The lowest BCUT2D eigenvalue weighted by molar-refractivity contribution is -0.134. The number of carbonyl (C=O) groups is 1. The number of piperidine rings is 1. The Morgan fingerprint density at radius 1 is 1.19 bits per heavy atom. The summed E-state index contributed by atoms with van der Waals surface area (Å²) in [5.74, 6) is 1.38. The number of carbonyl (C=O) groups excluding carboxylic acids is 1. The van der Waals surface area contributed by atoms with Crippen molar-refractivity contribution >= 4 is 5.91 Å². The molecule has 6 heteroatoms. The van der Waals surface area contributed by atoms with Crippen LogP contribution in [0.1, 0.15) is 44.6 Å². The molecule has 1 aromatic carbocycles. The van der Waals surface area contributed by atoms with Gasteiger partial charge in [0.1, 0.15) is 0 Å². The van der Waals surface area contributed by atoms with Gasteiger partial charge in [0.25, 0.3) is 5.91 Å². The summed E-state index contributed by atoms with van der Waals surface area (Å²) in [5, 5.41) is 3.44. The van der Waals surface area contributed by atoms with Crippen molar-refractivity contribution in [3.05, 3.63) is 23.8 Å². The molecule has 1 unspecified atom stereocenters. The highest BCUT2D eigenvalue weighted by Crippen LogP contribution is 2.28. The van der Waals surface area contributed by atoms with E-state index in [4.69, 9.17) is 14.2 Å². The Morgan fingerprint density at radius 3 is 2.78 bits per heavy atom. The van der Waals surface area contributed by atoms with E-state index in [-0.39, 0.29) is 12.5 Å². The summed E-state index contributed by atoms with van der Waals surface area (Å²) >= 11 is 0. The molecule has 1 amide bonds. The molecule has 0 saturated carbocycles. The maximum absolute atomic E-state index is 12.3. The van der Waals surface area contributed by atoms with Crippen molar-refractivity contribution in [1.82, 2.24) is 10.2 Å². The molecule has 1 N–H and O–H groups in total. The van der Waals surface area contributed by atoms with Gasteiger partial charge in [0.15, 0.2) is 18.1 Å². The van der Waals surface area contributed by atoms with E-state index in [9.17, 15) is 4.79 Å². The molecule has 1 aromatic rings. The largest absolute Gasteiger partial charge is 0.490 e. The first kappa shape index (κ1) is 20.0. The average Bonchev–Trinajstić information content (AvgIpc) is 3.21. The molecule has 2 fully saturated rings. The van der Waals surface area contributed by atoms with Gasteiger partial charge < -0.3 is 24.4 Å².